The molecule has 0 aliphatic carbocycles. The molecule has 0 spiro atoms. The third-order valence-corrected chi connectivity index (χ3v) is 3.67. The predicted octanol–water partition coefficient (Wildman–Crippen LogP) is 2.29. The van der Waals surface area contributed by atoms with E-state index in [2.05, 4.69) is 45.4 Å². The Morgan fingerprint density at radius 1 is 1.37 bits per heavy atom. The van der Waals surface area contributed by atoms with Gasteiger partial charge in [0.15, 0.2) is 0 Å². The highest BCUT2D eigenvalue weighted by molar-refractivity contribution is 5.78. The molecule has 1 aromatic carbocycles. The summed E-state index contributed by atoms with van der Waals surface area (Å²) in [5.41, 5.74) is 3.77. The van der Waals surface area contributed by atoms with Crippen molar-refractivity contribution in [3.05, 3.63) is 35.9 Å². The smallest absolute Gasteiger partial charge is 0.203 e. The minimum Gasteiger partial charge on any atom is -0.355 e. The van der Waals surface area contributed by atoms with Crippen molar-refractivity contribution in [1.82, 2.24) is 14.9 Å². The number of para-hydroxylation sites is 2. The van der Waals surface area contributed by atoms with Crippen LogP contribution in [0.4, 0.5) is 5.95 Å². The highest BCUT2D eigenvalue weighted by Gasteiger charge is 2.07. The van der Waals surface area contributed by atoms with Crippen molar-refractivity contribution in [2.75, 3.05) is 25.0 Å². The molecular weight excluding hydrogens is 236 g/mol. The molecule has 2 heterocycles. The average molecular weight is 256 g/mol. The Kier molecular flexibility index (Phi) is 3.51. The van der Waals surface area contributed by atoms with E-state index in [0.29, 0.717) is 0 Å². The summed E-state index contributed by atoms with van der Waals surface area (Å²) in [7, 11) is 2.06. The second-order valence-corrected chi connectivity index (χ2v) is 4.98. The van der Waals surface area contributed by atoms with E-state index < -0.39 is 0 Å². The second kappa shape index (κ2) is 5.45. The van der Waals surface area contributed by atoms with E-state index in [4.69, 9.17) is 0 Å². The summed E-state index contributed by atoms with van der Waals surface area (Å²) in [5.74, 6) is 0.954. The molecule has 0 saturated heterocycles. The van der Waals surface area contributed by atoms with E-state index in [-0.39, 0.29) is 0 Å². The molecule has 19 heavy (non-hydrogen) atoms. The first kappa shape index (κ1) is 12.2. The van der Waals surface area contributed by atoms with Gasteiger partial charge in [-0.1, -0.05) is 23.8 Å². The van der Waals surface area contributed by atoms with Crippen LogP contribution in [-0.4, -0.2) is 29.2 Å². The van der Waals surface area contributed by atoms with Crippen LogP contribution in [0.25, 0.3) is 11.0 Å². The van der Waals surface area contributed by atoms with Gasteiger partial charge >= 0.3 is 0 Å². The Labute approximate surface area is 113 Å². The number of hydrogen-bond acceptors (Lipinski definition) is 3. The fraction of sp³-hybridized carbons (Fsp3) is 0.400. The van der Waals surface area contributed by atoms with Crippen LogP contribution in [0.15, 0.2) is 35.9 Å². The quantitative estimate of drug-likeness (QED) is 0.825. The van der Waals surface area contributed by atoms with Gasteiger partial charge in [0.05, 0.1) is 11.0 Å². The van der Waals surface area contributed by atoms with Crippen LogP contribution in [0.3, 0.4) is 0 Å². The summed E-state index contributed by atoms with van der Waals surface area (Å²) >= 11 is 0. The third-order valence-electron chi connectivity index (χ3n) is 3.67. The number of fused-ring (bicyclic) bond motifs is 1. The second-order valence-electron chi connectivity index (χ2n) is 4.98. The Morgan fingerprint density at radius 3 is 3.05 bits per heavy atom. The third kappa shape index (κ3) is 2.63. The topological polar surface area (TPSA) is 41.9 Å². The first-order chi connectivity index (χ1) is 9.34. The van der Waals surface area contributed by atoms with Crippen LogP contribution in [0, 0.1) is 0 Å². The van der Waals surface area contributed by atoms with Crippen molar-refractivity contribution < 1.29 is 0 Å². The Morgan fingerprint density at radius 2 is 2.26 bits per heavy atom. The lowest BCUT2D eigenvalue weighted by molar-refractivity contribution is 0.683. The maximum Gasteiger partial charge on any atom is 0.203 e. The van der Waals surface area contributed by atoms with E-state index in [9.17, 15) is 0 Å². The fourth-order valence-corrected chi connectivity index (χ4v) is 2.54. The molecule has 3 rings (SSSR count). The van der Waals surface area contributed by atoms with E-state index in [1.54, 1.807) is 5.57 Å². The Balaban J connectivity index is 1.65. The molecule has 2 N–H and O–H groups in total. The molecule has 2 aromatic rings. The van der Waals surface area contributed by atoms with Crippen molar-refractivity contribution in [1.29, 1.82) is 0 Å². The molecule has 0 saturated carbocycles. The van der Waals surface area contributed by atoms with Crippen molar-refractivity contribution >= 4 is 17.0 Å². The van der Waals surface area contributed by atoms with Gasteiger partial charge < -0.3 is 15.2 Å². The highest BCUT2D eigenvalue weighted by atomic mass is 15.2. The van der Waals surface area contributed by atoms with E-state index in [1.165, 1.54) is 11.9 Å². The van der Waals surface area contributed by atoms with E-state index in [1.807, 2.05) is 12.1 Å². The lowest BCUT2D eigenvalue weighted by Gasteiger charge is -2.14. The van der Waals surface area contributed by atoms with Gasteiger partial charge in [-0.3, -0.25) is 0 Å². The van der Waals surface area contributed by atoms with Gasteiger partial charge in [-0.05, 0) is 31.5 Å². The molecule has 0 fully saturated rings. The van der Waals surface area contributed by atoms with Crippen LogP contribution in [0.2, 0.25) is 0 Å². The molecule has 0 amide bonds. The number of nitrogens with zero attached hydrogens (tertiary/aromatic N) is 2. The standard InChI is InChI=1S/C15H20N4/c1-19-14-5-3-2-4-13(14)18-15(19)17-11-8-12-6-9-16-10-7-12/h2-6,16H,7-11H2,1H3,(H,17,18). The van der Waals surface area contributed by atoms with Gasteiger partial charge in [-0.2, -0.15) is 0 Å². The summed E-state index contributed by atoms with van der Waals surface area (Å²) < 4.78 is 2.12. The number of nitrogens with one attached hydrogen (secondary N) is 2. The van der Waals surface area contributed by atoms with Gasteiger partial charge in [0.1, 0.15) is 0 Å². The number of aryl methyl sites for hydroxylation is 1. The predicted molar refractivity (Wildman–Crippen MR) is 79.4 cm³/mol. The molecule has 4 heteroatoms. The molecule has 4 nitrogen and oxygen atoms in total. The van der Waals surface area contributed by atoms with Crippen LogP contribution in [-0.2, 0) is 7.05 Å². The number of benzene rings is 1. The van der Waals surface area contributed by atoms with Crippen LogP contribution in [0.1, 0.15) is 12.8 Å². The fourth-order valence-electron chi connectivity index (χ4n) is 2.54. The number of aromatic nitrogens is 2. The van der Waals surface area contributed by atoms with Gasteiger partial charge in [0, 0.05) is 20.1 Å². The van der Waals surface area contributed by atoms with Gasteiger partial charge in [0.2, 0.25) is 5.95 Å². The largest absolute Gasteiger partial charge is 0.355 e. The van der Waals surface area contributed by atoms with Crippen molar-refractivity contribution in [2.24, 2.45) is 7.05 Å². The number of imidazole rings is 1. The number of anilines is 1. The summed E-state index contributed by atoms with van der Waals surface area (Å²) in [6.45, 7) is 3.07. The summed E-state index contributed by atoms with van der Waals surface area (Å²) in [6, 6.07) is 8.23. The summed E-state index contributed by atoms with van der Waals surface area (Å²) in [6.07, 6.45) is 4.58. The molecule has 1 aliphatic heterocycles. The van der Waals surface area contributed by atoms with Gasteiger partial charge in [0.25, 0.3) is 0 Å². The average Bonchev–Trinajstić information content (AvgIpc) is 2.78. The summed E-state index contributed by atoms with van der Waals surface area (Å²) in [5, 5.41) is 6.78. The van der Waals surface area contributed by atoms with Crippen LogP contribution < -0.4 is 10.6 Å². The number of hydrogen-bond donors (Lipinski definition) is 2. The minimum absolute atomic E-state index is 0.947. The summed E-state index contributed by atoms with van der Waals surface area (Å²) in [4.78, 5) is 4.61. The Hall–Kier alpha value is -1.81. The van der Waals surface area contributed by atoms with Gasteiger partial charge in [-0.25, -0.2) is 4.98 Å². The monoisotopic (exact) mass is 256 g/mol. The van der Waals surface area contributed by atoms with Gasteiger partial charge in [-0.15, -0.1) is 0 Å². The molecular formula is C15H20N4. The van der Waals surface area contributed by atoms with Crippen LogP contribution in [0.5, 0.6) is 0 Å². The van der Waals surface area contributed by atoms with Crippen LogP contribution >= 0.6 is 0 Å². The molecule has 1 aromatic heterocycles. The Bertz CT molecular complexity index is 597. The van der Waals surface area contributed by atoms with Crippen molar-refractivity contribution in [3.8, 4) is 0 Å². The molecule has 0 unspecified atom stereocenters. The zero-order valence-corrected chi connectivity index (χ0v) is 11.3. The van der Waals surface area contributed by atoms with E-state index >= 15 is 0 Å². The molecule has 0 radical (unpaired) electrons. The lowest BCUT2D eigenvalue weighted by Crippen LogP contribution is -2.21. The first-order valence-electron chi connectivity index (χ1n) is 6.88. The molecule has 0 bridgehead atoms. The lowest BCUT2D eigenvalue weighted by atomic mass is 10.1. The molecule has 1 aliphatic rings. The number of rotatable bonds is 4. The molecule has 0 atom stereocenters. The maximum atomic E-state index is 4.61. The minimum atomic E-state index is 0.947. The van der Waals surface area contributed by atoms with E-state index in [0.717, 1.165) is 37.5 Å². The SMILES string of the molecule is Cn1c(NCCC2=CCNCC2)nc2ccccc21. The van der Waals surface area contributed by atoms with Crippen molar-refractivity contribution in [3.63, 3.8) is 0 Å². The highest BCUT2D eigenvalue weighted by Crippen LogP contribution is 2.18. The molecule has 100 valence electrons. The van der Waals surface area contributed by atoms with Crippen molar-refractivity contribution in [2.45, 2.75) is 12.8 Å². The normalized spacial score (nSPS) is 15.5. The zero-order chi connectivity index (χ0) is 13.1. The zero-order valence-electron chi connectivity index (χ0n) is 11.3. The maximum absolute atomic E-state index is 4.61. The first-order valence-corrected chi connectivity index (χ1v) is 6.88.